The molecule has 0 N–H and O–H groups in total. The summed E-state index contributed by atoms with van der Waals surface area (Å²) in [5.41, 5.74) is 2.33. The SMILES string of the molecule is CCCc1ccc(CN(C)S(=O)(=O)N2CC2)cc1. The minimum Gasteiger partial charge on any atom is -0.195 e. The second-order valence-corrected chi connectivity index (χ2v) is 6.76. The zero-order chi connectivity index (χ0) is 13.2. The zero-order valence-electron chi connectivity index (χ0n) is 11.0. The molecule has 0 aromatic heterocycles. The van der Waals surface area contributed by atoms with Crippen LogP contribution in [-0.4, -0.2) is 37.2 Å². The van der Waals surface area contributed by atoms with Crippen LogP contribution in [0.1, 0.15) is 24.5 Å². The van der Waals surface area contributed by atoms with E-state index in [0.29, 0.717) is 19.6 Å². The summed E-state index contributed by atoms with van der Waals surface area (Å²) in [6.07, 6.45) is 2.20. The third-order valence-electron chi connectivity index (χ3n) is 3.09. The van der Waals surface area contributed by atoms with Gasteiger partial charge < -0.3 is 0 Å². The van der Waals surface area contributed by atoms with E-state index in [1.807, 2.05) is 12.1 Å². The van der Waals surface area contributed by atoms with Crippen molar-refractivity contribution < 1.29 is 8.42 Å². The molecule has 1 heterocycles. The van der Waals surface area contributed by atoms with Crippen LogP contribution in [0.3, 0.4) is 0 Å². The van der Waals surface area contributed by atoms with Crippen LogP contribution in [0.15, 0.2) is 24.3 Å². The monoisotopic (exact) mass is 268 g/mol. The number of aryl methyl sites for hydroxylation is 1. The molecule has 5 heteroatoms. The van der Waals surface area contributed by atoms with Crippen molar-refractivity contribution in [3.8, 4) is 0 Å². The van der Waals surface area contributed by atoms with Gasteiger partial charge in [0.1, 0.15) is 0 Å². The van der Waals surface area contributed by atoms with Crippen LogP contribution in [0, 0.1) is 0 Å². The van der Waals surface area contributed by atoms with E-state index in [1.165, 1.54) is 14.2 Å². The van der Waals surface area contributed by atoms with E-state index in [9.17, 15) is 8.42 Å². The second-order valence-electron chi connectivity index (χ2n) is 4.73. The summed E-state index contributed by atoms with van der Waals surface area (Å²) in [6, 6.07) is 8.19. The Bertz CT molecular complexity index is 492. The van der Waals surface area contributed by atoms with Crippen LogP contribution in [0.4, 0.5) is 0 Å². The molecule has 0 amide bonds. The van der Waals surface area contributed by atoms with Crippen molar-refractivity contribution in [2.75, 3.05) is 20.1 Å². The standard InChI is InChI=1S/C13H20N2O2S/c1-3-4-12-5-7-13(8-6-12)11-14(2)18(16,17)15-9-10-15/h5-8H,3-4,9-11H2,1-2H3. The summed E-state index contributed by atoms with van der Waals surface area (Å²) in [5.74, 6) is 0. The van der Waals surface area contributed by atoms with Gasteiger partial charge in [0, 0.05) is 26.7 Å². The van der Waals surface area contributed by atoms with Crippen LogP contribution in [0.25, 0.3) is 0 Å². The van der Waals surface area contributed by atoms with Crippen molar-refractivity contribution in [3.05, 3.63) is 35.4 Å². The smallest absolute Gasteiger partial charge is 0.195 e. The molecule has 100 valence electrons. The van der Waals surface area contributed by atoms with E-state index in [-0.39, 0.29) is 0 Å². The molecule has 1 aromatic rings. The zero-order valence-corrected chi connectivity index (χ0v) is 11.8. The third kappa shape index (κ3) is 3.10. The van der Waals surface area contributed by atoms with Gasteiger partial charge in [-0.15, -0.1) is 0 Å². The van der Waals surface area contributed by atoms with Gasteiger partial charge >= 0.3 is 0 Å². The van der Waals surface area contributed by atoms with Crippen LogP contribution < -0.4 is 0 Å². The molecule has 0 unspecified atom stereocenters. The van der Waals surface area contributed by atoms with Crippen molar-refractivity contribution in [1.82, 2.24) is 8.61 Å². The number of hydrogen-bond acceptors (Lipinski definition) is 2. The van der Waals surface area contributed by atoms with Crippen molar-refractivity contribution in [1.29, 1.82) is 0 Å². The van der Waals surface area contributed by atoms with Crippen LogP contribution in [-0.2, 0) is 23.2 Å². The van der Waals surface area contributed by atoms with E-state index in [2.05, 4.69) is 19.1 Å². The lowest BCUT2D eigenvalue weighted by atomic mass is 10.1. The molecular formula is C13H20N2O2S. The Balaban J connectivity index is 2.00. The van der Waals surface area contributed by atoms with E-state index in [0.717, 1.165) is 18.4 Å². The largest absolute Gasteiger partial charge is 0.282 e. The van der Waals surface area contributed by atoms with Gasteiger partial charge in [-0.1, -0.05) is 37.6 Å². The molecule has 1 saturated heterocycles. The highest BCUT2D eigenvalue weighted by Gasteiger charge is 2.34. The first-order valence-corrected chi connectivity index (χ1v) is 7.73. The fourth-order valence-corrected chi connectivity index (χ4v) is 3.16. The Kier molecular flexibility index (Phi) is 4.04. The fraction of sp³-hybridized carbons (Fsp3) is 0.538. The van der Waals surface area contributed by atoms with Gasteiger partial charge in [-0.2, -0.15) is 17.0 Å². The average Bonchev–Trinajstić information content (AvgIpc) is 3.16. The molecule has 0 spiro atoms. The van der Waals surface area contributed by atoms with Gasteiger partial charge in [-0.3, -0.25) is 0 Å². The van der Waals surface area contributed by atoms with Crippen molar-refractivity contribution in [2.45, 2.75) is 26.3 Å². The highest BCUT2D eigenvalue weighted by Crippen LogP contribution is 2.17. The van der Waals surface area contributed by atoms with E-state index < -0.39 is 10.2 Å². The van der Waals surface area contributed by atoms with Crippen molar-refractivity contribution in [2.24, 2.45) is 0 Å². The molecule has 1 aliphatic heterocycles. The highest BCUT2D eigenvalue weighted by atomic mass is 32.2. The molecule has 2 rings (SSSR count). The molecule has 0 aliphatic carbocycles. The van der Waals surface area contributed by atoms with Crippen molar-refractivity contribution >= 4 is 10.2 Å². The summed E-state index contributed by atoms with van der Waals surface area (Å²) in [5, 5.41) is 0. The molecule has 1 aromatic carbocycles. The molecular weight excluding hydrogens is 248 g/mol. The van der Waals surface area contributed by atoms with Gasteiger partial charge in [-0.05, 0) is 17.5 Å². The van der Waals surface area contributed by atoms with Gasteiger partial charge in [-0.25, -0.2) is 0 Å². The maximum Gasteiger partial charge on any atom is 0.282 e. The van der Waals surface area contributed by atoms with Crippen molar-refractivity contribution in [3.63, 3.8) is 0 Å². The normalized spacial score (nSPS) is 16.2. The molecule has 0 saturated carbocycles. The summed E-state index contributed by atoms with van der Waals surface area (Å²) in [4.78, 5) is 0. The minimum atomic E-state index is -3.22. The lowest BCUT2D eigenvalue weighted by molar-refractivity contribution is 0.439. The Morgan fingerprint density at radius 3 is 2.22 bits per heavy atom. The Morgan fingerprint density at radius 1 is 1.17 bits per heavy atom. The predicted molar refractivity (Wildman–Crippen MR) is 72.4 cm³/mol. The molecule has 0 radical (unpaired) electrons. The number of rotatable bonds is 6. The van der Waals surface area contributed by atoms with Crippen LogP contribution in [0.2, 0.25) is 0 Å². The summed E-state index contributed by atoms with van der Waals surface area (Å²) < 4.78 is 26.7. The second kappa shape index (κ2) is 5.38. The summed E-state index contributed by atoms with van der Waals surface area (Å²) in [6.45, 7) is 3.90. The van der Waals surface area contributed by atoms with E-state index in [1.54, 1.807) is 7.05 Å². The molecule has 1 fully saturated rings. The Hall–Kier alpha value is -0.910. The number of nitrogens with zero attached hydrogens (tertiary/aromatic N) is 2. The molecule has 4 nitrogen and oxygen atoms in total. The first kappa shape index (κ1) is 13.5. The van der Waals surface area contributed by atoms with Gasteiger partial charge in [0.25, 0.3) is 10.2 Å². The Morgan fingerprint density at radius 2 is 1.72 bits per heavy atom. The predicted octanol–water partition coefficient (Wildman–Crippen LogP) is 1.63. The maximum absolute atomic E-state index is 11.9. The Labute approximate surface area is 109 Å². The first-order valence-electron chi connectivity index (χ1n) is 6.33. The first-order chi connectivity index (χ1) is 8.54. The maximum atomic E-state index is 11.9. The van der Waals surface area contributed by atoms with E-state index in [4.69, 9.17) is 0 Å². The summed E-state index contributed by atoms with van der Waals surface area (Å²) >= 11 is 0. The van der Waals surface area contributed by atoms with Gasteiger partial charge in [0.15, 0.2) is 0 Å². The minimum absolute atomic E-state index is 0.436. The number of hydrogen-bond donors (Lipinski definition) is 0. The molecule has 1 aliphatic rings. The summed E-state index contributed by atoms with van der Waals surface area (Å²) in [7, 11) is -1.59. The topological polar surface area (TPSA) is 40.4 Å². The van der Waals surface area contributed by atoms with Gasteiger partial charge in [0.05, 0.1) is 0 Å². The third-order valence-corrected chi connectivity index (χ3v) is 5.03. The van der Waals surface area contributed by atoms with E-state index >= 15 is 0 Å². The lowest BCUT2D eigenvalue weighted by Crippen LogP contribution is -2.31. The van der Waals surface area contributed by atoms with Crippen LogP contribution in [0.5, 0.6) is 0 Å². The average molecular weight is 268 g/mol. The lowest BCUT2D eigenvalue weighted by Gasteiger charge is -2.17. The highest BCUT2D eigenvalue weighted by molar-refractivity contribution is 7.86. The van der Waals surface area contributed by atoms with Gasteiger partial charge in [0.2, 0.25) is 0 Å². The number of benzene rings is 1. The molecule has 0 bridgehead atoms. The fourth-order valence-electron chi connectivity index (χ4n) is 1.91. The van der Waals surface area contributed by atoms with Crippen LogP contribution >= 0.6 is 0 Å². The quantitative estimate of drug-likeness (QED) is 0.736. The molecule has 18 heavy (non-hydrogen) atoms. The molecule has 0 atom stereocenters.